The second kappa shape index (κ2) is 9.15. The molecule has 164 valence electrons. The van der Waals surface area contributed by atoms with E-state index in [4.69, 9.17) is 4.74 Å². The maximum atomic E-state index is 13.1. The molecule has 0 unspecified atom stereocenters. The van der Waals surface area contributed by atoms with Crippen LogP contribution >= 0.6 is 11.3 Å². The predicted molar refractivity (Wildman–Crippen MR) is 121 cm³/mol. The van der Waals surface area contributed by atoms with Crippen molar-refractivity contribution in [2.45, 2.75) is 51.9 Å². The third kappa shape index (κ3) is 4.33. The zero-order valence-electron chi connectivity index (χ0n) is 18.0. The molecule has 31 heavy (non-hydrogen) atoms. The smallest absolute Gasteiger partial charge is 0.281 e. The summed E-state index contributed by atoms with van der Waals surface area (Å²) in [5.41, 5.74) is 1.24. The van der Waals surface area contributed by atoms with Crippen LogP contribution in [0.5, 0.6) is 0 Å². The fraction of sp³-hybridized carbons (Fsp3) is 0.455. The highest BCUT2D eigenvalue weighted by Crippen LogP contribution is 2.32. The quantitative estimate of drug-likeness (QED) is 0.606. The molecular formula is C22H27N5O3S. The molecule has 3 heterocycles. The van der Waals surface area contributed by atoms with Gasteiger partial charge in [0.25, 0.3) is 5.56 Å². The predicted octanol–water partition coefficient (Wildman–Crippen LogP) is 2.87. The summed E-state index contributed by atoms with van der Waals surface area (Å²) < 4.78 is 6.87. The number of anilines is 1. The fourth-order valence-corrected chi connectivity index (χ4v) is 5.00. The number of thiazole rings is 1. The van der Waals surface area contributed by atoms with Crippen LogP contribution in [0, 0.1) is 0 Å². The Bertz CT molecular complexity index is 1130. The van der Waals surface area contributed by atoms with E-state index in [1.807, 2.05) is 49.1 Å². The second-order valence-electron chi connectivity index (χ2n) is 7.93. The maximum Gasteiger partial charge on any atom is 0.281 e. The highest BCUT2D eigenvalue weighted by Gasteiger charge is 2.33. The number of ether oxygens (including phenoxy) is 1. The number of hydrogen-bond acceptors (Lipinski definition) is 7. The minimum Gasteiger partial charge on any atom is -0.377 e. The summed E-state index contributed by atoms with van der Waals surface area (Å²) in [6.07, 6.45) is 1.66. The number of nitrogens with one attached hydrogen (secondary N) is 1. The van der Waals surface area contributed by atoms with Crippen molar-refractivity contribution in [3.63, 3.8) is 0 Å². The molecule has 1 aliphatic heterocycles. The van der Waals surface area contributed by atoms with Crippen LogP contribution in [0.15, 0.2) is 35.1 Å². The number of fused-ring (bicyclic) bond motifs is 1. The number of carbonyl (C=O) groups excluding carboxylic acids is 1. The number of methoxy groups -OCH3 is 1. The molecule has 9 heteroatoms. The molecule has 0 saturated carbocycles. The number of nitrogens with zero attached hydrogens (tertiary/aromatic N) is 4. The molecule has 1 saturated heterocycles. The Morgan fingerprint density at radius 3 is 2.77 bits per heavy atom. The third-order valence-corrected chi connectivity index (χ3v) is 6.41. The Morgan fingerprint density at radius 2 is 2.06 bits per heavy atom. The first-order valence-electron chi connectivity index (χ1n) is 10.5. The van der Waals surface area contributed by atoms with Crippen molar-refractivity contribution < 1.29 is 9.53 Å². The van der Waals surface area contributed by atoms with Crippen LogP contribution in [0.1, 0.15) is 44.1 Å². The zero-order chi connectivity index (χ0) is 22.0. The lowest BCUT2D eigenvalue weighted by Crippen LogP contribution is -2.43. The van der Waals surface area contributed by atoms with Gasteiger partial charge in [0, 0.05) is 26.2 Å². The standard InChI is InChI=1S/C22H27N5O3S/c1-14(2)27-17(13-30-3)24-20-18(21(27)29)25-22(31-20)26-11-7-10-16(26)19(28)23-12-15-8-5-4-6-9-15/h4-6,8-9,14,16H,7,10-13H2,1-3H3,(H,23,28)/t16-/m1/s1. The summed E-state index contributed by atoms with van der Waals surface area (Å²) in [5.74, 6) is 0.567. The number of rotatable bonds is 7. The molecular weight excluding hydrogens is 414 g/mol. The molecule has 1 aromatic carbocycles. The second-order valence-corrected chi connectivity index (χ2v) is 8.89. The molecule has 2 aromatic heterocycles. The van der Waals surface area contributed by atoms with Crippen LogP contribution in [0.4, 0.5) is 5.13 Å². The van der Waals surface area contributed by atoms with Gasteiger partial charge in [-0.1, -0.05) is 41.7 Å². The van der Waals surface area contributed by atoms with Crippen LogP contribution in [-0.2, 0) is 22.7 Å². The first kappa shape index (κ1) is 21.5. The normalized spacial score (nSPS) is 16.4. The van der Waals surface area contributed by atoms with Crippen molar-refractivity contribution in [3.8, 4) is 0 Å². The molecule has 1 N–H and O–H groups in total. The van der Waals surface area contributed by atoms with Gasteiger partial charge in [-0.05, 0) is 32.3 Å². The van der Waals surface area contributed by atoms with E-state index in [0.717, 1.165) is 24.9 Å². The van der Waals surface area contributed by atoms with E-state index in [1.165, 1.54) is 11.3 Å². The Labute approximate surface area is 184 Å². The van der Waals surface area contributed by atoms with Gasteiger partial charge in [-0.25, -0.2) is 9.97 Å². The van der Waals surface area contributed by atoms with E-state index in [0.29, 0.717) is 27.8 Å². The largest absolute Gasteiger partial charge is 0.377 e. The van der Waals surface area contributed by atoms with E-state index in [-0.39, 0.29) is 30.2 Å². The minimum absolute atomic E-state index is 0.0202. The highest BCUT2D eigenvalue weighted by molar-refractivity contribution is 7.21. The number of hydrogen-bond donors (Lipinski definition) is 1. The molecule has 0 aliphatic carbocycles. The fourth-order valence-electron chi connectivity index (χ4n) is 3.98. The van der Waals surface area contributed by atoms with Gasteiger partial charge in [0.05, 0.1) is 0 Å². The molecule has 8 nitrogen and oxygen atoms in total. The van der Waals surface area contributed by atoms with Gasteiger partial charge in [0.2, 0.25) is 5.91 Å². The van der Waals surface area contributed by atoms with Gasteiger partial charge >= 0.3 is 0 Å². The van der Waals surface area contributed by atoms with Crippen molar-refractivity contribution >= 4 is 32.7 Å². The van der Waals surface area contributed by atoms with Crippen LogP contribution < -0.4 is 15.8 Å². The van der Waals surface area contributed by atoms with Crippen molar-refractivity contribution in [2.24, 2.45) is 0 Å². The van der Waals surface area contributed by atoms with Gasteiger partial charge in [0.15, 0.2) is 15.5 Å². The van der Waals surface area contributed by atoms with E-state index in [1.54, 1.807) is 11.7 Å². The molecule has 4 rings (SSSR count). The van der Waals surface area contributed by atoms with Gasteiger partial charge in [-0.3, -0.25) is 14.2 Å². The summed E-state index contributed by atoms with van der Waals surface area (Å²) >= 11 is 1.36. The summed E-state index contributed by atoms with van der Waals surface area (Å²) in [6, 6.07) is 9.50. The molecule has 1 fully saturated rings. The molecule has 1 amide bonds. The van der Waals surface area contributed by atoms with Crippen molar-refractivity contribution in [1.29, 1.82) is 0 Å². The summed E-state index contributed by atoms with van der Waals surface area (Å²) in [6.45, 7) is 5.35. The molecule has 0 radical (unpaired) electrons. The van der Waals surface area contributed by atoms with Crippen LogP contribution in [-0.4, -0.2) is 40.1 Å². The number of benzene rings is 1. The van der Waals surface area contributed by atoms with E-state index >= 15 is 0 Å². The minimum atomic E-state index is -0.296. The lowest BCUT2D eigenvalue weighted by molar-refractivity contribution is -0.122. The Kier molecular flexibility index (Phi) is 6.33. The Hall–Kier alpha value is -2.78. The SMILES string of the molecule is COCc1nc2sc(N3CCC[C@@H]3C(=O)NCc3ccccc3)nc2c(=O)n1C(C)C. The van der Waals surface area contributed by atoms with Crippen molar-refractivity contribution in [3.05, 3.63) is 52.1 Å². The van der Waals surface area contributed by atoms with Crippen LogP contribution in [0.25, 0.3) is 10.3 Å². The lowest BCUT2D eigenvalue weighted by atomic mass is 10.2. The Morgan fingerprint density at radius 1 is 1.29 bits per heavy atom. The van der Waals surface area contributed by atoms with Gasteiger partial charge in [-0.2, -0.15) is 0 Å². The van der Waals surface area contributed by atoms with Crippen LogP contribution in [0.2, 0.25) is 0 Å². The van der Waals surface area contributed by atoms with Gasteiger partial charge < -0.3 is 15.0 Å². The van der Waals surface area contributed by atoms with Gasteiger partial charge in [-0.15, -0.1) is 0 Å². The van der Waals surface area contributed by atoms with Gasteiger partial charge in [0.1, 0.15) is 18.5 Å². The average molecular weight is 442 g/mol. The molecule has 0 bridgehead atoms. The number of carbonyl (C=O) groups is 1. The third-order valence-electron chi connectivity index (χ3n) is 5.43. The Balaban J connectivity index is 1.60. The van der Waals surface area contributed by atoms with E-state index in [9.17, 15) is 9.59 Å². The first-order chi connectivity index (χ1) is 15.0. The summed E-state index contributed by atoms with van der Waals surface area (Å²) in [4.78, 5) is 37.8. The summed E-state index contributed by atoms with van der Waals surface area (Å²) in [5, 5.41) is 3.70. The van der Waals surface area contributed by atoms with E-state index in [2.05, 4.69) is 15.3 Å². The molecule has 3 aromatic rings. The first-order valence-corrected chi connectivity index (χ1v) is 11.3. The number of amides is 1. The van der Waals surface area contributed by atoms with Crippen molar-refractivity contribution in [2.75, 3.05) is 18.6 Å². The highest BCUT2D eigenvalue weighted by atomic mass is 32.1. The maximum absolute atomic E-state index is 13.1. The molecule has 0 spiro atoms. The monoisotopic (exact) mass is 441 g/mol. The summed E-state index contributed by atoms with van der Waals surface area (Å²) in [7, 11) is 1.59. The molecule has 1 aliphatic rings. The van der Waals surface area contributed by atoms with Crippen molar-refractivity contribution in [1.82, 2.24) is 19.9 Å². The number of aromatic nitrogens is 3. The average Bonchev–Trinajstić information content (AvgIpc) is 3.40. The van der Waals surface area contributed by atoms with Crippen LogP contribution in [0.3, 0.4) is 0 Å². The lowest BCUT2D eigenvalue weighted by Gasteiger charge is -2.23. The molecule has 1 atom stereocenters. The zero-order valence-corrected chi connectivity index (χ0v) is 18.8. The topological polar surface area (TPSA) is 89.3 Å². The van der Waals surface area contributed by atoms with E-state index < -0.39 is 0 Å².